The molecule has 0 heterocycles. The van der Waals surface area contributed by atoms with Crippen LogP contribution in [-0.4, -0.2) is 18.9 Å². The number of hydrogen-bond acceptors (Lipinski definition) is 4. The summed E-state index contributed by atoms with van der Waals surface area (Å²) in [4.78, 5) is 11.6. The number of halogens is 2. The van der Waals surface area contributed by atoms with Gasteiger partial charge in [0.1, 0.15) is 12.4 Å². The molecule has 2 rings (SSSR count). The van der Waals surface area contributed by atoms with E-state index in [2.05, 4.69) is 5.32 Å². The average molecular weight is 316 g/mol. The van der Waals surface area contributed by atoms with Crippen molar-refractivity contribution in [1.82, 2.24) is 0 Å². The molecule has 0 aliphatic carbocycles. The van der Waals surface area contributed by atoms with Crippen LogP contribution in [0.25, 0.3) is 0 Å². The molecule has 23 heavy (non-hydrogen) atoms. The maximum atomic E-state index is 13.0. The van der Waals surface area contributed by atoms with Crippen LogP contribution in [0.3, 0.4) is 0 Å². The van der Waals surface area contributed by atoms with Gasteiger partial charge in [0.05, 0.1) is 11.6 Å². The van der Waals surface area contributed by atoms with Crippen molar-refractivity contribution in [2.75, 3.05) is 18.5 Å². The lowest BCUT2D eigenvalue weighted by molar-refractivity contribution is 0.101. The molecule has 0 fully saturated rings. The SMILES string of the molecule is CC(=O)c1ccc(C#N)cc1NCCOc1ccc(F)c(F)c1. The lowest BCUT2D eigenvalue weighted by Crippen LogP contribution is -2.13. The van der Waals surface area contributed by atoms with E-state index in [1.807, 2.05) is 6.07 Å². The molecule has 0 bridgehead atoms. The molecule has 2 aromatic carbocycles. The zero-order chi connectivity index (χ0) is 16.8. The van der Waals surface area contributed by atoms with E-state index >= 15 is 0 Å². The van der Waals surface area contributed by atoms with Crippen LogP contribution in [0.4, 0.5) is 14.5 Å². The van der Waals surface area contributed by atoms with Crippen molar-refractivity contribution in [2.24, 2.45) is 0 Å². The molecule has 0 aromatic heterocycles. The van der Waals surface area contributed by atoms with E-state index < -0.39 is 11.6 Å². The Bertz CT molecular complexity index is 770. The first-order valence-corrected chi connectivity index (χ1v) is 6.88. The third-order valence-electron chi connectivity index (χ3n) is 3.11. The van der Waals surface area contributed by atoms with E-state index in [-0.39, 0.29) is 18.1 Å². The molecule has 2 aromatic rings. The van der Waals surface area contributed by atoms with Crippen LogP contribution >= 0.6 is 0 Å². The summed E-state index contributed by atoms with van der Waals surface area (Å²) in [5, 5.41) is 11.9. The highest BCUT2D eigenvalue weighted by Gasteiger charge is 2.08. The number of carbonyl (C=O) groups excluding carboxylic acids is 1. The van der Waals surface area contributed by atoms with Crippen LogP contribution in [0, 0.1) is 23.0 Å². The number of Topliss-reactive ketones (excluding diaryl/α,β-unsaturated/α-hetero) is 1. The first kappa shape index (κ1) is 16.4. The van der Waals surface area contributed by atoms with E-state index in [4.69, 9.17) is 10.00 Å². The predicted octanol–water partition coefficient (Wildman–Crippen LogP) is 3.53. The maximum absolute atomic E-state index is 13.0. The van der Waals surface area contributed by atoms with E-state index in [1.54, 1.807) is 18.2 Å². The van der Waals surface area contributed by atoms with Gasteiger partial charge >= 0.3 is 0 Å². The number of benzene rings is 2. The summed E-state index contributed by atoms with van der Waals surface area (Å²) in [6.07, 6.45) is 0. The second kappa shape index (κ2) is 7.36. The zero-order valence-corrected chi connectivity index (χ0v) is 12.4. The van der Waals surface area contributed by atoms with Crippen molar-refractivity contribution in [3.05, 3.63) is 59.2 Å². The minimum atomic E-state index is -0.976. The molecule has 0 saturated carbocycles. The molecule has 0 amide bonds. The molecule has 4 nitrogen and oxygen atoms in total. The van der Waals surface area contributed by atoms with Gasteiger partial charge in [0, 0.05) is 23.9 Å². The largest absolute Gasteiger partial charge is 0.492 e. The van der Waals surface area contributed by atoms with Crippen LogP contribution in [0.1, 0.15) is 22.8 Å². The Kier molecular flexibility index (Phi) is 5.26. The highest BCUT2D eigenvalue weighted by atomic mass is 19.2. The van der Waals surface area contributed by atoms with Crippen molar-refractivity contribution in [2.45, 2.75) is 6.92 Å². The van der Waals surface area contributed by atoms with E-state index in [1.165, 1.54) is 13.0 Å². The Hall–Kier alpha value is -2.94. The fourth-order valence-corrected chi connectivity index (χ4v) is 1.99. The summed E-state index contributed by atoms with van der Waals surface area (Å²) in [5.74, 6) is -1.83. The van der Waals surface area contributed by atoms with E-state index in [0.29, 0.717) is 23.4 Å². The fraction of sp³-hybridized carbons (Fsp3) is 0.176. The molecule has 118 valence electrons. The third-order valence-corrected chi connectivity index (χ3v) is 3.11. The van der Waals surface area contributed by atoms with Crippen LogP contribution in [0.2, 0.25) is 0 Å². The summed E-state index contributed by atoms with van der Waals surface area (Å²) in [7, 11) is 0. The maximum Gasteiger partial charge on any atom is 0.162 e. The van der Waals surface area contributed by atoms with Gasteiger partial charge in [-0.15, -0.1) is 0 Å². The summed E-state index contributed by atoms with van der Waals surface area (Å²) in [6, 6.07) is 10.0. The van der Waals surface area contributed by atoms with Crippen LogP contribution < -0.4 is 10.1 Å². The number of carbonyl (C=O) groups is 1. The quantitative estimate of drug-likeness (QED) is 0.654. The van der Waals surface area contributed by atoms with Gasteiger partial charge < -0.3 is 10.1 Å². The van der Waals surface area contributed by atoms with Crippen LogP contribution in [0.15, 0.2) is 36.4 Å². The molecule has 0 saturated heterocycles. The number of ketones is 1. The Morgan fingerprint density at radius 1 is 1.22 bits per heavy atom. The highest BCUT2D eigenvalue weighted by Crippen LogP contribution is 2.19. The molecule has 0 atom stereocenters. The summed E-state index contributed by atoms with van der Waals surface area (Å²) in [6.45, 7) is 1.94. The molecule has 0 aliphatic rings. The standard InChI is InChI=1S/C17H14F2N2O2/c1-11(22)14-4-2-12(10-20)8-17(14)21-6-7-23-13-3-5-15(18)16(19)9-13/h2-5,8-9,21H,6-7H2,1H3. The minimum absolute atomic E-state index is 0.126. The van der Waals surface area contributed by atoms with Gasteiger partial charge in [-0.25, -0.2) is 8.78 Å². The van der Waals surface area contributed by atoms with Gasteiger partial charge in [-0.05, 0) is 37.3 Å². The minimum Gasteiger partial charge on any atom is -0.492 e. The fourth-order valence-electron chi connectivity index (χ4n) is 1.99. The Balaban J connectivity index is 1.97. The molecular formula is C17H14F2N2O2. The highest BCUT2D eigenvalue weighted by molar-refractivity contribution is 5.99. The topological polar surface area (TPSA) is 62.1 Å². The Morgan fingerprint density at radius 3 is 2.65 bits per heavy atom. The van der Waals surface area contributed by atoms with Gasteiger partial charge in [0.15, 0.2) is 17.4 Å². The monoisotopic (exact) mass is 316 g/mol. The number of anilines is 1. The van der Waals surface area contributed by atoms with Gasteiger partial charge in [-0.1, -0.05) is 0 Å². The molecule has 1 N–H and O–H groups in total. The number of ether oxygens (including phenoxy) is 1. The molecule has 0 spiro atoms. The van der Waals surface area contributed by atoms with E-state index in [0.717, 1.165) is 12.1 Å². The second-order valence-corrected chi connectivity index (χ2v) is 4.78. The van der Waals surface area contributed by atoms with Crippen molar-refractivity contribution in [1.29, 1.82) is 5.26 Å². The lowest BCUT2D eigenvalue weighted by atomic mass is 10.1. The van der Waals surface area contributed by atoms with Gasteiger partial charge in [0.2, 0.25) is 0 Å². The van der Waals surface area contributed by atoms with Gasteiger partial charge in [-0.3, -0.25) is 4.79 Å². The van der Waals surface area contributed by atoms with Crippen LogP contribution in [-0.2, 0) is 0 Å². The summed E-state index contributed by atoms with van der Waals surface area (Å²) >= 11 is 0. The number of nitrogens with one attached hydrogen (secondary N) is 1. The lowest BCUT2D eigenvalue weighted by Gasteiger charge is -2.12. The third kappa shape index (κ3) is 4.27. The van der Waals surface area contributed by atoms with Crippen molar-refractivity contribution < 1.29 is 18.3 Å². The zero-order valence-electron chi connectivity index (χ0n) is 12.4. The number of hydrogen-bond donors (Lipinski definition) is 1. The molecule has 0 radical (unpaired) electrons. The first-order valence-electron chi connectivity index (χ1n) is 6.88. The molecule has 0 unspecified atom stereocenters. The number of nitriles is 1. The van der Waals surface area contributed by atoms with Gasteiger partial charge in [0.25, 0.3) is 0 Å². The average Bonchev–Trinajstić information content (AvgIpc) is 2.54. The molecular weight excluding hydrogens is 302 g/mol. The Morgan fingerprint density at radius 2 is 2.00 bits per heavy atom. The summed E-state index contributed by atoms with van der Waals surface area (Å²) in [5.41, 5.74) is 1.43. The molecule has 6 heteroatoms. The number of rotatable bonds is 6. The predicted molar refractivity (Wildman–Crippen MR) is 81.5 cm³/mol. The van der Waals surface area contributed by atoms with Gasteiger partial charge in [-0.2, -0.15) is 5.26 Å². The van der Waals surface area contributed by atoms with Crippen LogP contribution in [0.5, 0.6) is 5.75 Å². The Labute approximate surface area is 132 Å². The first-order chi connectivity index (χ1) is 11.0. The van der Waals surface area contributed by atoms with Crippen molar-refractivity contribution in [3.63, 3.8) is 0 Å². The van der Waals surface area contributed by atoms with Crippen molar-refractivity contribution >= 4 is 11.5 Å². The smallest absolute Gasteiger partial charge is 0.162 e. The van der Waals surface area contributed by atoms with E-state index in [9.17, 15) is 13.6 Å². The number of nitrogens with zero attached hydrogens (tertiary/aromatic N) is 1. The molecule has 0 aliphatic heterocycles. The normalized spacial score (nSPS) is 10.0. The second-order valence-electron chi connectivity index (χ2n) is 4.78. The van der Waals surface area contributed by atoms with Crippen molar-refractivity contribution in [3.8, 4) is 11.8 Å². The summed E-state index contributed by atoms with van der Waals surface area (Å²) < 4.78 is 31.1.